The average molecular weight is 428 g/mol. The van der Waals surface area contributed by atoms with Crippen molar-refractivity contribution in [2.24, 2.45) is 9.98 Å². The van der Waals surface area contributed by atoms with Crippen molar-refractivity contribution in [2.45, 2.75) is 44.7 Å². The molecule has 5 nitrogen and oxygen atoms in total. The van der Waals surface area contributed by atoms with Crippen LogP contribution in [-0.2, 0) is 4.79 Å². The molecule has 1 N–H and O–H groups in total. The summed E-state index contributed by atoms with van der Waals surface area (Å²) < 4.78 is 5.44. The summed E-state index contributed by atoms with van der Waals surface area (Å²) >= 11 is 3.16. The molecule has 0 saturated heterocycles. The molecule has 1 fully saturated rings. The topological polar surface area (TPSA) is 63.0 Å². The normalized spacial score (nSPS) is 17.7. The molecule has 1 aromatic heterocycles. The van der Waals surface area contributed by atoms with E-state index in [-0.39, 0.29) is 11.6 Å². The first kappa shape index (κ1) is 20.2. The lowest BCUT2D eigenvalue weighted by molar-refractivity contribution is -0.113. The Balaban J connectivity index is 1.41. The van der Waals surface area contributed by atoms with Crippen LogP contribution in [0.5, 0.6) is 5.75 Å². The van der Waals surface area contributed by atoms with E-state index in [1.165, 1.54) is 31.0 Å². The summed E-state index contributed by atoms with van der Waals surface area (Å²) in [6.07, 6.45) is 5.60. The smallest absolute Gasteiger partial charge is 0.234 e. The summed E-state index contributed by atoms with van der Waals surface area (Å²) in [5, 5.41) is 5.91. The number of anilines is 1. The number of thioether (sulfide) groups is 1. The van der Waals surface area contributed by atoms with Crippen molar-refractivity contribution in [2.75, 3.05) is 17.7 Å². The summed E-state index contributed by atoms with van der Waals surface area (Å²) in [4.78, 5) is 23.7. The van der Waals surface area contributed by atoms with Crippen LogP contribution in [0.3, 0.4) is 0 Å². The quantitative estimate of drug-likeness (QED) is 0.673. The lowest BCUT2D eigenvalue weighted by atomic mass is 9.90. The van der Waals surface area contributed by atoms with Crippen LogP contribution in [0.15, 0.2) is 51.8 Å². The molecule has 1 spiro atoms. The van der Waals surface area contributed by atoms with E-state index in [0.29, 0.717) is 12.4 Å². The van der Waals surface area contributed by atoms with Crippen LogP contribution in [-0.4, -0.2) is 34.7 Å². The van der Waals surface area contributed by atoms with E-state index in [1.807, 2.05) is 37.3 Å². The molecule has 7 heteroatoms. The molecule has 0 unspecified atom stereocenters. The highest BCUT2D eigenvalue weighted by Crippen LogP contribution is 2.39. The molecule has 0 bridgehead atoms. The van der Waals surface area contributed by atoms with Gasteiger partial charge in [-0.25, -0.2) is 4.99 Å². The SMILES string of the molecule is CCOc1ccc(NC(=O)CSC2=NC3(CCCCC3)N=C2c2cccs2)cc1. The minimum Gasteiger partial charge on any atom is -0.494 e. The zero-order valence-corrected chi connectivity index (χ0v) is 18.2. The van der Waals surface area contributed by atoms with Crippen LogP contribution in [0.1, 0.15) is 43.9 Å². The Bertz CT molecular complexity index is 899. The van der Waals surface area contributed by atoms with Gasteiger partial charge in [-0.15, -0.1) is 11.3 Å². The third kappa shape index (κ3) is 4.90. The van der Waals surface area contributed by atoms with Crippen molar-refractivity contribution >= 4 is 45.4 Å². The zero-order chi connectivity index (χ0) is 20.1. The summed E-state index contributed by atoms with van der Waals surface area (Å²) in [6, 6.07) is 11.6. The van der Waals surface area contributed by atoms with E-state index in [2.05, 4.69) is 16.8 Å². The Morgan fingerprint density at radius 2 is 1.97 bits per heavy atom. The first-order chi connectivity index (χ1) is 14.2. The molecule has 1 saturated carbocycles. The van der Waals surface area contributed by atoms with Crippen LogP contribution >= 0.6 is 23.1 Å². The Kier molecular flexibility index (Phi) is 6.35. The number of aliphatic imine (C=N–C) groups is 2. The third-order valence-corrected chi connectivity index (χ3v) is 6.87. The van der Waals surface area contributed by atoms with Gasteiger partial charge in [0.1, 0.15) is 16.5 Å². The second-order valence-electron chi connectivity index (χ2n) is 7.19. The molecular formula is C22H25N3O2S2. The van der Waals surface area contributed by atoms with Crippen molar-refractivity contribution < 1.29 is 9.53 Å². The van der Waals surface area contributed by atoms with Crippen LogP contribution in [0.4, 0.5) is 5.69 Å². The standard InChI is InChI=1S/C22H25N3O2S2/c1-2-27-17-10-8-16(9-11-17)23-19(26)15-29-21-20(18-7-6-14-28-18)24-22(25-21)12-4-3-5-13-22/h6-11,14H,2-5,12-13,15H2,1H3,(H,23,26). The summed E-state index contributed by atoms with van der Waals surface area (Å²) in [7, 11) is 0. The molecule has 2 aromatic rings. The fourth-order valence-corrected chi connectivity index (χ4v) is 5.32. The zero-order valence-electron chi connectivity index (χ0n) is 16.5. The molecule has 4 rings (SSSR count). The molecule has 152 valence electrons. The maximum atomic E-state index is 12.5. The minimum atomic E-state index is -0.300. The second kappa shape index (κ2) is 9.13. The van der Waals surface area contributed by atoms with Gasteiger partial charge in [-0.2, -0.15) is 0 Å². The van der Waals surface area contributed by atoms with Gasteiger partial charge in [0.15, 0.2) is 5.66 Å². The van der Waals surface area contributed by atoms with Crippen molar-refractivity contribution in [3.05, 3.63) is 46.7 Å². The Hall–Kier alpha value is -2.12. The Labute approximate surface area is 179 Å². The van der Waals surface area contributed by atoms with Gasteiger partial charge in [0.25, 0.3) is 0 Å². The van der Waals surface area contributed by atoms with Gasteiger partial charge in [0.2, 0.25) is 5.91 Å². The lowest BCUT2D eigenvalue weighted by Gasteiger charge is -2.27. The van der Waals surface area contributed by atoms with Crippen molar-refractivity contribution in [3.8, 4) is 5.75 Å². The number of nitrogens with one attached hydrogen (secondary N) is 1. The number of thiophene rings is 1. The van der Waals surface area contributed by atoms with Gasteiger partial charge < -0.3 is 10.1 Å². The van der Waals surface area contributed by atoms with Gasteiger partial charge in [-0.3, -0.25) is 9.79 Å². The van der Waals surface area contributed by atoms with Gasteiger partial charge in [0, 0.05) is 5.69 Å². The lowest BCUT2D eigenvalue weighted by Crippen LogP contribution is -2.25. The summed E-state index contributed by atoms with van der Waals surface area (Å²) in [5.41, 5.74) is 1.43. The Morgan fingerprint density at radius 1 is 1.17 bits per heavy atom. The maximum Gasteiger partial charge on any atom is 0.234 e. The molecule has 2 aliphatic rings. The molecule has 2 heterocycles. The number of ether oxygens (including phenoxy) is 1. The summed E-state index contributed by atoms with van der Waals surface area (Å²) in [5.74, 6) is 1.07. The fourth-order valence-electron chi connectivity index (χ4n) is 3.67. The van der Waals surface area contributed by atoms with Crippen molar-refractivity contribution in [1.82, 2.24) is 0 Å². The van der Waals surface area contributed by atoms with Crippen LogP contribution in [0.25, 0.3) is 0 Å². The maximum absolute atomic E-state index is 12.5. The molecular weight excluding hydrogens is 402 g/mol. The van der Waals surface area contributed by atoms with E-state index in [0.717, 1.165) is 39.9 Å². The number of hydrogen-bond acceptors (Lipinski definition) is 6. The van der Waals surface area contributed by atoms with E-state index in [9.17, 15) is 4.79 Å². The number of amides is 1. The first-order valence-electron chi connectivity index (χ1n) is 10.1. The van der Waals surface area contributed by atoms with Gasteiger partial charge in [-0.05, 0) is 68.3 Å². The highest BCUT2D eigenvalue weighted by atomic mass is 32.2. The van der Waals surface area contributed by atoms with Gasteiger partial charge >= 0.3 is 0 Å². The van der Waals surface area contributed by atoms with Gasteiger partial charge in [0.05, 0.1) is 17.2 Å². The molecule has 1 aliphatic heterocycles. The Morgan fingerprint density at radius 3 is 2.66 bits per heavy atom. The van der Waals surface area contributed by atoms with Crippen LogP contribution < -0.4 is 10.1 Å². The fraction of sp³-hybridized carbons (Fsp3) is 0.409. The minimum absolute atomic E-state index is 0.0445. The van der Waals surface area contributed by atoms with E-state index in [1.54, 1.807) is 11.3 Å². The molecule has 1 aromatic carbocycles. The number of nitrogens with zero attached hydrogens (tertiary/aromatic N) is 2. The predicted molar refractivity (Wildman–Crippen MR) is 123 cm³/mol. The molecule has 1 amide bonds. The number of hydrogen-bond donors (Lipinski definition) is 1. The molecule has 0 atom stereocenters. The van der Waals surface area contributed by atoms with Crippen LogP contribution in [0.2, 0.25) is 0 Å². The van der Waals surface area contributed by atoms with E-state index < -0.39 is 0 Å². The highest BCUT2D eigenvalue weighted by molar-refractivity contribution is 8.16. The summed E-state index contributed by atoms with van der Waals surface area (Å²) in [6.45, 7) is 2.57. The van der Waals surface area contributed by atoms with Crippen molar-refractivity contribution in [1.29, 1.82) is 0 Å². The molecule has 0 radical (unpaired) electrons. The molecule has 1 aliphatic carbocycles. The number of carbonyl (C=O) groups is 1. The number of rotatable bonds is 6. The van der Waals surface area contributed by atoms with E-state index >= 15 is 0 Å². The first-order valence-corrected chi connectivity index (χ1v) is 11.9. The number of carbonyl (C=O) groups excluding carboxylic acids is 1. The van der Waals surface area contributed by atoms with Gasteiger partial charge in [-0.1, -0.05) is 24.2 Å². The van der Waals surface area contributed by atoms with Crippen molar-refractivity contribution in [3.63, 3.8) is 0 Å². The highest BCUT2D eigenvalue weighted by Gasteiger charge is 2.38. The van der Waals surface area contributed by atoms with E-state index in [4.69, 9.17) is 14.7 Å². The number of benzene rings is 1. The van der Waals surface area contributed by atoms with Crippen LogP contribution in [0, 0.1) is 0 Å². The largest absolute Gasteiger partial charge is 0.494 e. The second-order valence-corrected chi connectivity index (χ2v) is 9.10. The monoisotopic (exact) mass is 427 g/mol. The predicted octanol–water partition coefficient (Wildman–Crippen LogP) is 5.38. The average Bonchev–Trinajstić information content (AvgIpc) is 3.37. The molecule has 29 heavy (non-hydrogen) atoms. The third-order valence-electron chi connectivity index (χ3n) is 5.03.